The summed E-state index contributed by atoms with van der Waals surface area (Å²) in [7, 11) is 0. The molecule has 9 nitrogen and oxygen atoms in total. The van der Waals surface area contributed by atoms with Crippen LogP contribution in [0.5, 0.6) is 0 Å². The van der Waals surface area contributed by atoms with Crippen molar-refractivity contribution >= 4 is 23.9 Å². The molecule has 1 saturated heterocycles. The van der Waals surface area contributed by atoms with E-state index in [1.165, 1.54) is 26.8 Å². The molecule has 1 aliphatic carbocycles. The van der Waals surface area contributed by atoms with Gasteiger partial charge in [0, 0.05) is 37.8 Å². The van der Waals surface area contributed by atoms with E-state index in [4.69, 9.17) is 24.1 Å². The first kappa shape index (κ1) is 25.1. The summed E-state index contributed by atoms with van der Waals surface area (Å²) < 4.78 is 21.8. The van der Waals surface area contributed by atoms with Crippen molar-refractivity contribution in [2.75, 3.05) is 6.61 Å². The van der Waals surface area contributed by atoms with E-state index in [1.54, 1.807) is 19.1 Å². The summed E-state index contributed by atoms with van der Waals surface area (Å²) in [5, 5.41) is 9.05. The van der Waals surface area contributed by atoms with Crippen LogP contribution in [0.2, 0.25) is 0 Å². The SMILES string of the molecule is C=C1C(=O)O[C@@H]2/C=C(\C)[C@@H](OC(C)=O)C/C=C(/OC(C)=O)C[C@@H](OC(=O)/C(C)=C/CO)[C@@H]12. The number of hydrogen-bond acceptors (Lipinski definition) is 9. The topological polar surface area (TPSA) is 125 Å². The van der Waals surface area contributed by atoms with Crippen molar-refractivity contribution in [1.82, 2.24) is 0 Å². The molecule has 2 rings (SSSR count). The van der Waals surface area contributed by atoms with Gasteiger partial charge in [0.2, 0.25) is 0 Å². The molecule has 9 heteroatoms. The highest BCUT2D eigenvalue weighted by Gasteiger charge is 2.45. The molecule has 1 fully saturated rings. The van der Waals surface area contributed by atoms with E-state index in [0.29, 0.717) is 5.57 Å². The highest BCUT2D eigenvalue weighted by molar-refractivity contribution is 5.92. The molecule has 1 heterocycles. The molecular formula is C23H28O9. The van der Waals surface area contributed by atoms with Crippen LogP contribution in [0.3, 0.4) is 0 Å². The standard InChI is InChI=1S/C23H28O9/c1-12(8-9-24)22(27)31-20-11-17(29-15(4)25)6-7-18(30-16(5)26)13(2)10-19-21(20)14(3)23(28)32-19/h6,8,10,18-21,24H,3,7,9,11H2,1-2,4-5H3/b12-8+,13-10+,17-6+/t18-,19+,20+,21-/m0/s1. The van der Waals surface area contributed by atoms with Gasteiger partial charge in [-0.05, 0) is 37.6 Å². The van der Waals surface area contributed by atoms with E-state index < -0.39 is 48.1 Å². The monoisotopic (exact) mass is 448 g/mol. The predicted molar refractivity (Wildman–Crippen MR) is 112 cm³/mol. The Hall–Kier alpha value is -3.20. The van der Waals surface area contributed by atoms with Crippen LogP contribution in [0.1, 0.15) is 40.5 Å². The van der Waals surface area contributed by atoms with E-state index in [0.717, 1.165) is 0 Å². The molecule has 0 aromatic carbocycles. The fraction of sp³-hybridized carbons (Fsp3) is 0.478. The lowest BCUT2D eigenvalue weighted by Gasteiger charge is -2.28. The highest BCUT2D eigenvalue weighted by Crippen LogP contribution is 2.37. The van der Waals surface area contributed by atoms with E-state index in [1.807, 2.05) is 0 Å². The molecule has 0 aromatic rings. The summed E-state index contributed by atoms with van der Waals surface area (Å²) in [6.45, 7) is 9.17. The van der Waals surface area contributed by atoms with Gasteiger partial charge < -0.3 is 24.1 Å². The van der Waals surface area contributed by atoms with E-state index >= 15 is 0 Å². The Balaban J connectivity index is 2.52. The second kappa shape index (κ2) is 10.9. The van der Waals surface area contributed by atoms with Gasteiger partial charge in [-0.25, -0.2) is 9.59 Å². The molecule has 0 unspecified atom stereocenters. The van der Waals surface area contributed by atoms with Crippen LogP contribution in [-0.2, 0) is 38.1 Å². The van der Waals surface area contributed by atoms with Crippen molar-refractivity contribution in [3.8, 4) is 0 Å². The molecule has 1 N–H and O–H groups in total. The molecule has 174 valence electrons. The second-order valence-electron chi connectivity index (χ2n) is 7.65. The third-order valence-electron chi connectivity index (χ3n) is 5.12. The molecule has 0 radical (unpaired) electrons. The van der Waals surface area contributed by atoms with Crippen molar-refractivity contribution in [2.24, 2.45) is 5.92 Å². The molecule has 2 aliphatic rings. The van der Waals surface area contributed by atoms with Crippen molar-refractivity contribution < 1.29 is 43.2 Å². The molecule has 0 aromatic heterocycles. The lowest BCUT2D eigenvalue weighted by Crippen LogP contribution is -2.35. The van der Waals surface area contributed by atoms with Crippen LogP contribution in [-0.4, -0.2) is 53.9 Å². The van der Waals surface area contributed by atoms with E-state index in [9.17, 15) is 19.2 Å². The van der Waals surface area contributed by atoms with Gasteiger partial charge in [-0.2, -0.15) is 0 Å². The fourth-order valence-electron chi connectivity index (χ4n) is 3.56. The first-order chi connectivity index (χ1) is 15.0. The Morgan fingerprint density at radius 3 is 2.50 bits per heavy atom. The predicted octanol–water partition coefficient (Wildman–Crippen LogP) is 2.05. The minimum atomic E-state index is -0.951. The first-order valence-electron chi connectivity index (χ1n) is 10.1. The zero-order valence-electron chi connectivity index (χ0n) is 18.6. The molecule has 1 aliphatic heterocycles. The maximum absolute atomic E-state index is 12.5. The average Bonchev–Trinajstić information content (AvgIpc) is 2.96. The van der Waals surface area contributed by atoms with E-state index in [-0.39, 0.29) is 36.4 Å². The minimum absolute atomic E-state index is 0.0474. The Kier molecular flexibility index (Phi) is 8.54. The first-order valence-corrected chi connectivity index (χ1v) is 10.1. The number of esters is 4. The summed E-state index contributed by atoms with van der Waals surface area (Å²) in [5.74, 6) is -3.00. The third-order valence-corrected chi connectivity index (χ3v) is 5.12. The van der Waals surface area contributed by atoms with Crippen molar-refractivity contribution in [3.05, 3.63) is 47.3 Å². The summed E-state index contributed by atoms with van der Waals surface area (Å²) in [6.07, 6.45) is 2.23. The van der Waals surface area contributed by atoms with Gasteiger partial charge in [-0.3, -0.25) is 9.59 Å². The zero-order chi connectivity index (χ0) is 24.0. The third kappa shape index (κ3) is 6.40. The van der Waals surface area contributed by atoms with Gasteiger partial charge in [0.1, 0.15) is 24.1 Å². The number of carbonyl (C=O) groups is 4. The van der Waals surface area contributed by atoms with Crippen molar-refractivity contribution in [3.63, 3.8) is 0 Å². The Bertz CT molecular complexity index is 893. The molecule has 32 heavy (non-hydrogen) atoms. The lowest BCUT2D eigenvalue weighted by atomic mass is 9.86. The van der Waals surface area contributed by atoms with Gasteiger partial charge in [-0.15, -0.1) is 0 Å². The zero-order valence-corrected chi connectivity index (χ0v) is 18.6. The molecular weight excluding hydrogens is 420 g/mol. The molecule has 0 bridgehead atoms. The molecule has 0 saturated carbocycles. The summed E-state index contributed by atoms with van der Waals surface area (Å²) in [4.78, 5) is 48.1. The van der Waals surface area contributed by atoms with Crippen LogP contribution in [0.15, 0.2) is 47.3 Å². The number of aliphatic hydroxyl groups excluding tert-OH is 1. The Morgan fingerprint density at radius 1 is 1.22 bits per heavy atom. The second-order valence-corrected chi connectivity index (χ2v) is 7.65. The number of ether oxygens (including phenoxy) is 4. The number of fused-ring (bicyclic) bond motifs is 1. The fourth-order valence-corrected chi connectivity index (χ4v) is 3.56. The van der Waals surface area contributed by atoms with Crippen LogP contribution < -0.4 is 0 Å². The maximum Gasteiger partial charge on any atom is 0.334 e. The van der Waals surface area contributed by atoms with Crippen LogP contribution >= 0.6 is 0 Å². The van der Waals surface area contributed by atoms with Gasteiger partial charge in [0.25, 0.3) is 0 Å². The highest BCUT2D eigenvalue weighted by atomic mass is 16.6. The number of hydrogen-bond donors (Lipinski definition) is 1. The summed E-state index contributed by atoms with van der Waals surface area (Å²) in [5.41, 5.74) is 0.892. The molecule has 0 spiro atoms. The van der Waals surface area contributed by atoms with Crippen molar-refractivity contribution in [1.29, 1.82) is 0 Å². The minimum Gasteiger partial charge on any atom is -0.458 e. The number of rotatable bonds is 5. The van der Waals surface area contributed by atoms with Gasteiger partial charge >= 0.3 is 23.9 Å². The Morgan fingerprint density at radius 2 is 1.91 bits per heavy atom. The van der Waals surface area contributed by atoms with Crippen LogP contribution in [0, 0.1) is 5.92 Å². The average molecular weight is 448 g/mol. The van der Waals surface area contributed by atoms with Gasteiger partial charge in [0.15, 0.2) is 0 Å². The van der Waals surface area contributed by atoms with Crippen LogP contribution in [0.4, 0.5) is 0 Å². The number of aliphatic hydroxyl groups is 1. The maximum atomic E-state index is 12.5. The largest absolute Gasteiger partial charge is 0.458 e. The summed E-state index contributed by atoms with van der Waals surface area (Å²) >= 11 is 0. The van der Waals surface area contributed by atoms with Gasteiger partial charge in [0.05, 0.1) is 12.5 Å². The lowest BCUT2D eigenvalue weighted by molar-refractivity contribution is -0.149. The van der Waals surface area contributed by atoms with Gasteiger partial charge in [-0.1, -0.05) is 6.58 Å². The molecule has 4 atom stereocenters. The molecule has 0 amide bonds. The van der Waals surface area contributed by atoms with Crippen LogP contribution in [0.25, 0.3) is 0 Å². The quantitative estimate of drug-likeness (QED) is 0.291. The van der Waals surface area contributed by atoms with Crippen molar-refractivity contribution in [2.45, 2.75) is 58.8 Å². The summed E-state index contributed by atoms with van der Waals surface area (Å²) in [6, 6.07) is 0. The number of carbonyl (C=O) groups excluding carboxylic acids is 4. The van der Waals surface area contributed by atoms with E-state index in [2.05, 4.69) is 6.58 Å². The normalized spacial score (nSPS) is 29.5. The Labute approximate surface area is 186 Å². The smallest absolute Gasteiger partial charge is 0.334 e.